The summed E-state index contributed by atoms with van der Waals surface area (Å²) < 4.78 is 5.03. The predicted molar refractivity (Wildman–Crippen MR) is 90.3 cm³/mol. The van der Waals surface area contributed by atoms with Gasteiger partial charge >= 0.3 is 5.97 Å². The molecule has 0 fully saturated rings. The van der Waals surface area contributed by atoms with Crippen molar-refractivity contribution in [3.8, 4) is 0 Å². The first-order valence-electron chi connectivity index (χ1n) is 7.67. The van der Waals surface area contributed by atoms with Gasteiger partial charge in [-0.3, -0.25) is 9.59 Å². The van der Waals surface area contributed by atoms with Gasteiger partial charge in [0.25, 0.3) is 5.91 Å². The van der Waals surface area contributed by atoms with Gasteiger partial charge in [0.2, 0.25) is 0 Å². The molecule has 0 bridgehead atoms. The van der Waals surface area contributed by atoms with E-state index in [4.69, 9.17) is 4.74 Å². The number of hydrogen-bond donors (Lipinski definition) is 1. The van der Waals surface area contributed by atoms with Crippen LogP contribution >= 0.6 is 0 Å². The van der Waals surface area contributed by atoms with Crippen LogP contribution in [0.5, 0.6) is 0 Å². The zero-order chi connectivity index (χ0) is 16.7. The first-order valence-corrected chi connectivity index (χ1v) is 7.67. The van der Waals surface area contributed by atoms with Gasteiger partial charge in [0.15, 0.2) is 6.61 Å². The van der Waals surface area contributed by atoms with Crippen LogP contribution < -0.4 is 5.32 Å². The largest absolute Gasteiger partial charge is 0.455 e. The van der Waals surface area contributed by atoms with Gasteiger partial charge in [-0.05, 0) is 42.2 Å². The average Bonchev–Trinajstić information content (AvgIpc) is 2.56. The maximum atomic E-state index is 11.8. The lowest BCUT2D eigenvalue weighted by Crippen LogP contribution is -2.21. The maximum Gasteiger partial charge on any atom is 0.310 e. The number of amides is 1. The summed E-state index contributed by atoms with van der Waals surface area (Å²) in [5.74, 6) is -0.747. The fourth-order valence-corrected chi connectivity index (χ4v) is 2.18. The van der Waals surface area contributed by atoms with Crippen molar-refractivity contribution in [3.05, 3.63) is 65.2 Å². The van der Waals surface area contributed by atoms with Crippen LogP contribution in [0.1, 0.15) is 23.6 Å². The third-order valence-corrected chi connectivity index (χ3v) is 3.61. The highest BCUT2D eigenvalue weighted by Crippen LogP contribution is 2.10. The molecule has 23 heavy (non-hydrogen) atoms. The molecule has 120 valence electrons. The van der Waals surface area contributed by atoms with Gasteiger partial charge in [-0.2, -0.15) is 0 Å². The number of benzene rings is 2. The van der Waals surface area contributed by atoms with Gasteiger partial charge in [0, 0.05) is 5.69 Å². The third-order valence-electron chi connectivity index (χ3n) is 3.61. The molecular weight excluding hydrogens is 290 g/mol. The molecule has 0 unspecified atom stereocenters. The Balaban J connectivity index is 1.79. The summed E-state index contributed by atoms with van der Waals surface area (Å²) in [5, 5.41) is 2.71. The Hall–Kier alpha value is -2.62. The van der Waals surface area contributed by atoms with Crippen LogP contribution in [-0.4, -0.2) is 18.5 Å². The van der Waals surface area contributed by atoms with Crippen molar-refractivity contribution >= 4 is 17.6 Å². The molecule has 0 spiro atoms. The summed E-state index contributed by atoms with van der Waals surface area (Å²) in [6.45, 7) is 3.73. The van der Waals surface area contributed by atoms with Crippen LogP contribution in [0.2, 0.25) is 0 Å². The molecule has 1 amide bonds. The third kappa shape index (κ3) is 5.25. The van der Waals surface area contributed by atoms with Crippen molar-refractivity contribution in [1.29, 1.82) is 0 Å². The smallest absolute Gasteiger partial charge is 0.310 e. The molecule has 0 atom stereocenters. The fourth-order valence-electron chi connectivity index (χ4n) is 2.18. The van der Waals surface area contributed by atoms with Gasteiger partial charge in [0.1, 0.15) is 0 Å². The van der Waals surface area contributed by atoms with E-state index in [0.717, 1.165) is 17.5 Å². The molecule has 0 radical (unpaired) electrons. The molecule has 2 aromatic carbocycles. The Morgan fingerprint density at radius 1 is 1.04 bits per heavy atom. The summed E-state index contributed by atoms with van der Waals surface area (Å²) >= 11 is 0. The number of aryl methyl sites for hydroxylation is 2. The molecule has 0 aliphatic carbocycles. The lowest BCUT2D eigenvalue weighted by molar-refractivity contribution is -0.146. The minimum atomic E-state index is -0.407. The quantitative estimate of drug-likeness (QED) is 0.833. The second-order valence-electron chi connectivity index (χ2n) is 5.36. The number of rotatable bonds is 6. The Kier molecular flexibility index (Phi) is 5.92. The second-order valence-corrected chi connectivity index (χ2v) is 5.36. The molecule has 0 aromatic heterocycles. The molecule has 0 saturated carbocycles. The van der Waals surface area contributed by atoms with Crippen LogP contribution in [-0.2, 0) is 27.2 Å². The van der Waals surface area contributed by atoms with Crippen molar-refractivity contribution in [2.45, 2.75) is 26.7 Å². The highest BCUT2D eigenvalue weighted by Gasteiger charge is 2.10. The number of nitrogens with one attached hydrogen (secondary N) is 1. The van der Waals surface area contributed by atoms with Crippen molar-refractivity contribution < 1.29 is 14.3 Å². The summed E-state index contributed by atoms with van der Waals surface area (Å²) in [4.78, 5) is 23.6. The molecule has 0 heterocycles. The highest BCUT2D eigenvalue weighted by molar-refractivity contribution is 5.92. The Morgan fingerprint density at radius 2 is 1.74 bits per heavy atom. The van der Waals surface area contributed by atoms with Crippen LogP contribution in [0.25, 0.3) is 0 Å². The zero-order valence-corrected chi connectivity index (χ0v) is 13.5. The van der Waals surface area contributed by atoms with E-state index in [9.17, 15) is 9.59 Å². The average molecular weight is 311 g/mol. The maximum absolute atomic E-state index is 11.8. The van der Waals surface area contributed by atoms with Crippen molar-refractivity contribution in [2.75, 3.05) is 11.9 Å². The molecule has 2 rings (SSSR count). The van der Waals surface area contributed by atoms with E-state index in [1.165, 1.54) is 5.56 Å². The van der Waals surface area contributed by atoms with Gasteiger partial charge in [-0.1, -0.05) is 43.3 Å². The molecule has 1 N–H and O–H groups in total. The van der Waals surface area contributed by atoms with E-state index in [1.807, 2.05) is 55.5 Å². The van der Waals surface area contributed by atoms with Crippen molar-refractivity contribution in [1.82, 2.24) is 0 Å². The van der Waals surface area contributed by atoms with Crippen molar-refractivity contribution in [3.63, 3.8) is 0 Å². The highest BCUT2D eigenvalue weighted by atomic mass is 16.5. The SMILES string of the molecule is CCc1ccc(NC(=O)COC(=O)Cc2ccccc2C)cc1. The number of carbonyl (C=O) groups is 2. The monoisotopic (exact) mass is 311 g/mol. The Morgan fingerprint density at radius 3 is 2.39 bits per heavy atom. The zero-order valence-electron chi connectivity index (χ0n) is 13.5. The standard InChI is InChI=1S/C19H21NO3/c1-3-15-8-10-17(11-9-15)20-18(21)13-23-19(22)12-16-7-5-4-6-14(16)2/h4-11H,3,12-13H2,1-2H3,(H,20,21). The number of ether oxygens (including phenoxy) is 1. The first-order chi connectivity index (χ1) is 11.1. The van der Waals surface area contributed by atoms with E-state index in [-0.39, 0.29) is 18.9 Å². The molecule has 4 heteroatoms. The fraction of sp³-hybridized carbons (Fsp3) is 0.263. The molecule has 0 aliphatic rings. The van der Waals surface area contributed by atoms with Gasteiger partial charge in [-0.15, -0.1) is 0 Å². The van der Waals surface area contributed by atoms with Crippen LogP contribution in [0.4, 0.5) is 5.69 Å². The normalized spacial score (nSPS) is 10.2. The van der Waals surface area contributed by atoms with Gasteiger partial charge < -0.3 is 10.1 Å². The number of carbonyl (C=O) groups excluding carboxylic acids is 2. The lowest BCUT2D eigenvalue weighted by atomic mass is 10.1. The summed E-state index contributed by atoms with van der Waals surface area (Å²) in [6.07, 6.45) is 1.12. The van der Waals surface area contributed by atoms with Crippen LogP contribution in [0.3, 0.4) is 0 Å². The van der Waals surface area contributed by atoms with E-state index >= 15 is 0 Å². The molecule has 2 aromatic rings. The predicted octanol–water partition coefficient (Wildman–Crippen LogP) is 3.28. The number of anilines is 1. The van der Waals surface area contributed by atoms with Crippen molar-refractivity contribution in [2.24, 2.45) is 0 Å². The van der Waals surface area contributed by atoms with Gasteiger partial charge in [-0.25, -0.2) is 0 Å². The van der Waals surface area contributed by atoms with E-state index in [2.05, 4.69) is 12.2 Å². The number of hydrogen-bond acceptors (Lipinski definition) is 3. The topological polar surface area (TPSA) is 55.4 Å². The minimum Gasteiger partial charge on any atom is -0.455 e. The van der Waals surface area contributed by atoms with E-state index in [1.54, 1.807) is 0 Å². The first kappa shape index (κ1) is 16.7. The molecule has 0 aliphatic heterocycles. The summed E-state index contributed by atoms with van der Waals surface area (Å²) in [6, 6.07) is 15.2. The summed E-state index contributed by atoms with van der Waals surface area (Å²) in [5.41, 5.74) is 3.84. The summed E-state index contributed by atoms with van der Waals surface area (Å²) in [7, 11) is 0. The Bertz CT molecular complexity index is 677. The minimum absolute atomic E-state index is 0.172. The molecular formula is C19H21NO3. The molecule has 4 nitrogen and oxygen atoms in total. The Labute approximate surface area is 136 Å². The van der Waals surface area contributed by atoms with E-state index < -0.39 is 5.97 Å². The molecule has 0 saturated heterocycles. The lowest BCUT2D eigenvalue weighted by Gasteiger charge is -2.08. The van der Waals surface area contributed by atoms with E-state index in [0.29, 0.717) is 5.69 Å². The van der Waals surface area contributed by atoms with Crippen LogP contribution in [0, 0.1) is 6.92 Å². The van der Waals surface area contributed by atoms with Gasteiger partial charge in [0.05, 0.1) is 6.42 Å². The van der Waals surface area contributed by atoms with Crippen LogP contribution in [0.15, 0.2) is 48.5 Å². The second kappa shape index (κ2) is 8.13. The number of esters is 1.